The molecular weight excluding hydrogens is 226 g/mol. The summed E-state index contributed by atoms with van der Waals surface area (Å²) in [6.45, 7) is 0. The summed E-state index contributed by atoms with van der Waals surface area (Å²) in [5.74, 6) is 0.571. The minimum atomic E-state index is -0.801. The number of hydrogen-bond acceptors (Lipinski definition) is 4. The van der Waals surface area contributed by atoms with E-state index < -0.39 is 12.0 Å². The molecule has 0 radical (unpaired) electrons. The number of nitrogens with one attached hydrogen (secondary N) is 1. The Morgan fingerprint density at radius 1 is 1.56 bits per heavy atom. The fraction of sp³-hybridized carbons (Fsp3) is 0.364. The Bertz CT molecular complexity index is 397. The van der Waals surface area contributed by atoms with Crippen LogP contribution < -0.4 is 10.1 Å². The number of thioether (sulfide) groups is 1. The van der Waals surface area contributed by atoms with E-state index in [9.17, 15) is 4.79 Å². The van der Waals surface area contributed by atoms with Gasteiger partial charge in [-0.3, -0.25) is 10.1 Å². The minimum Gasteiger partial charge on any atom is -0.496 e. The standard InChI is InChI=1S/C11H13NO3S/c1-15-9-5-3-2-4-7(9)10-12-8(6-16-10)11(13)14/h2-5,8,10,12H,6H2,1H3,(H,13,14)/t8-,10+/m1/s1. The molecule has 0 saturated carbocycles. The van der Waals surface area contributed by atoms with Gasteiger partial charge in [-0.05, 0) is 6.07 Å². The summed E-state index contributed by atoms with van der Waals surface area (Å²) in [5.41, 5.74) is 0.999. The number of aliphatic carboxylic acids is 1. The van der Waals surface area contributed by atoms with Crippen molar-refractivity contribution in [1.82, 2.24) is 5.32 Å². The van der Waals surface area contributed by atoms with Crippen LogP contribution in [0.2, 0.25) is 0 Å². The molecule has 2 N–H and O–H groups in total. The molecule has 1 aromatic rings. The van der Waals surface area contributed by atoms with E-state index in [1.807, 2.05) is 24.3 Å². The van der Waals surface area contributed by atoms with Gasteiger partial charge in [0.05, 0.1) is 12.5 Å². The first kappa shape index (κ1) is 11.3. The molecule has 1 saturated heterocycles. The van der Waals surface area contributed by atoms with Gasteiger partial charge in [-0.15, -0.1) is 11.8 Å². The molecule has 0 spiro atoms. The van der Waals surface area contributed by atoms with Crippen molar-refractivity contribution in [1.29, 1.82) is 0 Å². The van der Waals surface area contributed by atoms with E-state index in [2.05, 4.69) is 5.32 Å². The average Bonchev–Trinajstić information content (AvgIpc) is 2.78. The third-order valence-electron chi connectivity index (χ3n) is 2.50. The van der Waals surface area contributed by atoms with Crippen LogP contribution in [0.5, 0.6) is 5.75 Å². The summed E-state index contributed by atoms with van der Waals surface area (Å²) >= 11 is 1.59. The van der Waals surface area contributed by atoms with Crippen molar-refractivity contribution in [2.45, 2.75) is 11.4 Å². The number of carbonyl (C=O) groups is 1. The number of rotatable bonds is 3. The quantitative estimate of drug-likeness (QED) is 0.836. The van der Waals surface area contributed by atoms with Gasteiger partial charge in [0.25, 0.3) is 0 Å². The summed E-state index contributed by atoms with van der Waals surface area (Å²) in [4.78, 5) is 10.8. The van der Waals surface area contributed by atoms with Gasteiger partial charge in [0.15, 0.2) is 0 Å². The SMILES string of the molecule is COc1ccccc1[C@H]1N[C@@H](C(=O)O)CS1. The molecule has 0 amide bonds. The molecule has 0 aliphatic carbocycles. The predicted octanol–water partition coefficient (Wildman–Crippen LogP) is 1.48. The fourth-order valence-corrected chi connectivity index (χ4v) is 2.94. The Labute approximate surface area is 98.0 Å². The Balaban J connectivity index is 2.17. The van der Waals surface area contributed by atoms with E-state index >= 15 is 0 Å². The van der Waals surface area contributed by atoms with Gasteiger partial charge in [0.2, 0.25) is 0 Å². The van der Waals surface area contributed by atoms with Gasteiger partial charge in [-0.25, -0.2) is 0 Å². The lowest BCUT2D eigenvalue weighted by Crippen LogP contribution is -2.33. The molecule has 1 aliphatic rings. The Morgan fingerprint density at radius 3 is 2.94 bits per heavy atom. The predicted molar refractivity (Wildman–Crippen MR) is 62.8 cm³/mol. The molecule has 0 unspecified atom stereocenters. The maximum atomic E-state index is 10.8. The maximum Gasteiger partial charge on any atom is 0.321 e. The van der Waals surface area contributed by atoms with Gasteiger partial charge in [-0.2, -0.15) is 0 Å². The van der Waals surface area contributed by atoms with E-state index in [1.165, 1.54) is 0 Å². The average molecular weight is 239 g/mol. The monoisotopic (exact) mass is 239 g/mol. The van der Waals surface area contributed by atoms with Crippen LogP contribution in [0.3, 0.4) is 0 Å². The van der Waals surface area contributed by atoms with Crippen molar-refractivity contribution in [2.75, 3.05) is 12.9 Å². The van der Waals surface area contributed by atoms with Crippen LogP contribution in [0.25, 0.3) is 0 Å². The molecular formula is C11H13NO3S. The molecule has 0 bridgehead atoms. The normalized spacial score (nSPS) is 24.3. The van der Waals surface area contributed by atoms with E-state index in [4.69, 9.17) is 9.84 Å². The molecule has 16 heavy (non-hydrogen) atoms. The van der Waals surface area contributed by atoms with Gasteiger partial charge in [-0.1, -0.05) is 18.2 Å². The first-order valence-electron chi connectivity index (χ1n) is 4.95. The number of para-hydroxylation sites is 1. The first-order valence-corrected chi connectivity index (χ1v) is 6.00. The van der Waals surface area contributed by atoms with Crippen molar-refractivity contribution < 1.29 is 14.6 Å². The number of carboxylic acid groups (broad SMARTS) is 1. The Hall–Kier alpha value is -1.20. The van der Waals surface area contributed by atoms with E-state index in [-0.39, 0.29) is 5.37 Å². The van der Waals surface area contributed by atoms with Crippen LogP contribution in [0.1, 0.15) is 10.9 Å². The first-order chi connectivity index (χ1) is 7.72. The summed E-state index contributed by atoms with van der Waals surface area (Å²) in [7, 11) is 1.62. The second-order valence-electron chi connectivity index (χ2n) is 3.51. The van der Waals surface area contributed by atoms with Gasteiger partial charge < -0.3 is 9.84 Å². The minimum absolute atomic E-state index is 0.00255. The van der Waals surface area contributed by atoms with Crippen molar-refractivity contribution in [3.63, 3.8) is 0 Å². The third-order valence-corrected chi connectivity index (χ3v) is 3.75. The maximum absolute atomic E-state index is 10.8. The number of benzene rings is 1. The second kappa shape index (κ2) is 4.76. The highest BCUT2D eigenvalue weighted by Gasteiger charge is 2.31. The van der Waals surface area contributed by atoms with Gasteiger partial charge in [0, 0.05) is 11.3 Å². The molecule has 86 valence electrons. The Kier molecular flexibility index (Phi) is 3.36. The molecule has 2 atom stereocenters. The number of carboxylic acids is 1. The second-order valence-corrected chi connectivity index (χ2v) is 4.65. The number of ether oxygens (including phenoxy) is 1. The molecule has 1 aliphatic heterocycles. The number of methoxy groups -OCH3 is 1. The van der Waals surface area contributed by atoms with Crippen LogP contribution in [0.15, 0.2) is 24.3 Å². The van der Waals surface area contributed by atoms with Crippen LogP contribution >= 0.6 is 11.8 Å². The fourth-order valence-electron chi connectivity index (χ4n) is 1.68. The van der Waals surface area contributed by atoms with Crippen molar-refractivity contribution in [3.05, 3.63) is 29.8 Å². The topological polar surface area (TPSA) is 58.6 Å². The lowest BCUT2D eigenvalue weighted by Gasteiger charge is -2.14. The van der Waals surface area contributed by atoms with Gasteiger partial charge >= 0.3 is 5.97 Å². The highest BCUT2D eigenvalue weighted by molar-refractivity contribution is 7.99. The van der Waals surface area contributed by atoms with E-state index in [1.54, 1.807) is 18.9 Å². The molecule has 5 heteroatoms. The van der Waals surface area contributed by atoms with Gasteiger partial charge in [0.1, 0.15) is 11.8 Å². The summed E-state index contributed by atoms with van der Waals surface area (Å²) in [6.07, 6.45) is 0. The summed E-state index contributed by atoms with van der Waals surface area (Å²) in [6, 6.07) is 7.18. The largest absolute Gasteiger partial charge is 0.496 e. The van der Waals surface area contributed by atoms with Crippen LogP contribution in [-0.4, -0.2) is 30.0 Å². The van der Waals surface area contributed by atoms with E-state index in [0.717, 1.165) is 11.3 Å². The molecule has 1 fully saturated rings. The summed E-state index contributed by atoms with van der Waals surface area (Å²) in [5, 5.41) is 12.0. The molecule has 2 rings (SSSR count). The zero-order chi connectivity index (χ0) is 11.5. The third kappa shape index (κ3) is 2.15. The van der Waals surface area contributed by atoms with E-state index in [0.29, 0.717) is 5.75 Å². The highest BCUT2D eigenvalue weighted by Crippen LogP contribution is 2.37. The van der Waals surface area contributed by atoms with Crippen LogP contribution in [0.4, 0.5) is 0 Å². The van der Waals surface area contributed by atoms with Crippen molar-refractivity contribution in [3.8, 4) is 5.75 Å². The summed E-state index contributed by atoms with van der Waals surface area (Å²) < 4.78 is 5.25. The van der Waals surface area contributed by atoms with Crippen LogP contribution in [0, 0.1) is 0 Å². The smallest absolute Gasteiger partial charge is 0.321 e. The molecule has 1 aromatic carbocycles. The molecule has 1 heterocycles. The number of hydrogen-bond donors (Lipinski definition) is 2. The van der Waals surface area contributed by atoms with Crippen molar-refractivity contribution >= 4 is 17.7 Å². The lowest BCUT2D eigenvalue weighted by atomic mass is 10.2. The highest BCUT2D eigenvalue weighted by atomic mass is 32.2. The zero-order valence-electron chi connectivity index (χ0n) is 8.84. The molecule has 0 aromatic heterocycles. The van der Waals surface area contributed by atoms with Crippen molar-refractivity contribution in [2.24, 2.45) is 0 Å². The lowest BCUT2D eigenvalue weighted by molar-refractivity contribution is -0.138. The molecule has 4 nitrogen and oxygen atoms in total. The Morgan fingerprint density at radius 2 is 2.31 bits per heavy atom. The van der Waals surface area contributed by atoms with Crippen LogP contribution in [-0.2, 0) is 4.79 Å². The zero-order valence-corrected chi connectivity index (χ0v) is 9.66.